The maximum Gasteiger partial charge on any atom is 0.321 e. The van der Waals surface area contributed by atoms with E-state index in [4.69, 9.17) is 5.11 Å². The monoisotopic (exact) mass is 237 g/mol. The van der Waals surface area contributed by atoms with Crippen LogP contribution in [0.25, 0.3) is 0 Å². The molecule has 2 amide bonds. The molecule has 1 unspecified atom stereocenters. The highest BCUT2D eigenvalue weighted by Crippen LogP contribution is 2.05. The van der Waals surface area contributed by atoms with Gasteiger partial charge in [-0.25, -0.2) is 4.79 Å². The summed E-state index contributed by atoms with van der Waals surface area (Å²) in [5.41, 5.74) is 0.576. The van der Waals surface area contributed by atoms with Crippen molar-refractivity contribution >= 4 is 17.7 Å². The number of pyridine rings is 1. The number of aromatic nitrogens is 1. The van der Waals surface area contributed by atoms with Crippen LogP contribution in [-0.2, 0) is 4.79 Å². The van der Waals surface area contributed by atoms with E-state index in [0.717, 1.165) is 0 Å². The zero-order chi connectivity index (χ0) is 12.8. The van der Waals surface area contributed by atoms with E-state index in [9.17, 15) is 9.59 Å². The zero-order valence-corrected chi connectivity index (χ0v) is 9.75. The van der Waals surface area contributed by atoms with Crippen LogP contribution < -0.4 is 5.32 Å². The number of nitrogens with one attached hydrogen (secondary N) is 1. The highest BCUT2D eigenvalue weighted by molar-refractivity contribution is 5.89. The van der Waals surface area contributed by atoms with Crippen molar-refractivity contribution in [2.24, 2.45) is 5.92 Å². The largest absolute Gasteiger partial charge is 0.481 e. The average molecular weight is 237 g/mol. The minimum Gasteiger partial charge on any atom is -0.481 e. The van der Waals surface area contributed by atoms with E-state index in [1.807, 2.05) is 0 Å². The molecule has 1 rings (SSSR count). The van der Waals surface area contributed by atoms with E-state index < -0.39 is 11.9 Å². The third-order valence-corrected chi connectivity index (χ3v) is 2.23. The predicted octanol–water partition coefficient (Wildman–Crippen LogP) is 1.27. The number of hydrogen-bond acceptors (Lipinski definition) is 3. The molecule has 0 fully saturated rings. The summed E-state index contributed by atoms with van der Waals surface area (Å²) in [4.78, 5) is 27.5. The van der Waals surface area contributed by atoms with Crippen molar-refractivity contribution < 1.29 is 14.7 Å². The second-order valence-electron chi connectivity index (χ2n) is 3.79. The number of amides is 2. The Kier molecular flexibility index (Phi) is 4.45. The van der Waals surface area contributed by atoms with Gasteiger partial charge in [0.25, 0.3) is 0 Å². The topological polar surface area (TPSA) is 82.5 Å². The Morgan fingerprint density at radius 2 is 2.29 bits per heavy atom. The van der Waals surface area contributed by atoms with E-state index in [0.29, 0.717) is 5.69 Å². The van der Waals surface area contributed by atoms with Gasteiger partial charge in [-0.1, -0.05) is 6.92 Å². The van der Waals surface area contributed by atoms with E-state index in [1.54, 1.807) is 32.3 Å². The summed E-state index contributed by atoms with van der Waals surface area (Å²) < 4.78 is 0. The minimum absolute atomic E-state index is 0.154. The van der Waals surface area contributed by atoms with Gasteiger partial charge in [0.05, 0.1) is 17.8 Å². The van der Waals surface area contributed by atoms with Crippen molar-refractivity contribution in [3.8, 4) is 0 Å². The smallest absolute Gasteiger partial charge is 0.321 e. The molecule has 92 valence electrons. The predicted molar refractivity (Wildman–Crippen MR) is 62.7 cm³/mol. The first-order valence-corrected chi connectivity index (χ1v) is 5.15. The van der Waals surface area contributed by atoms with E-state index in [1.165, 1.54) is 11.1 Å². The fourth-order valence-corrected chi connectivity index (χ4v) is 1.23. The third kappa shape index (κ3) is 4.10. The Hall–Kier alpha value is -2.11. The summed E-state index contributed by atoms with van der Waals surface area (Å²) in [7, 11) is 1.55. The molecule has 1 heterocycles. The lowest BCUT2D eigenvalue weighted by atomic mass is 10.2. The number of anilines is 1. The molecule has 1 aromatic rings. The van der Waals surface area contributed by atoms with E-state index >= 15 is 0 Å². The van der Waals surface area contributed by atoms with Crippen LogP contribution in [0.15, 0.2) is 24.5 Å². The lowest BCUT2D eigenvalue weighted by molar-refractivity contribution is -0.141. The number of carbonyl (C=O) groups is 2. The number of carbonyl (C=O) groups excluding carboxylic acids is 1. The normalized spacial score (nSPS) is 11.6. The fraction of sp³-hybridized carbons (Fsp3) is 0.364. The maximum absolute atomic E-state index is 11.7. The standard InChI is InChI=1S/C11H15N3O3/c1-8(10(15)16)7-14(2)11(17)13-9-4-3-5-12-6-9/h3-6,8H,7H2,1-2H3,(H,13,17)(H,15,16). The molecule has 17 heavy (non-hydrogen) atoms. The Bertz CT molecular complexity index is 394. The number of aliphatic carboxylic acids is 1. The first kappa shape index (κ1) is 13.0. The van der Waals surface area contributed by atoms with Crippen LogP contribution in [0.3, 0.4) is 0 Å². The molecule has 0 saturated carbocycles. The number of rotatable bonds is 4. The number of carboxylic acid groups (broad SMARTS) is 1. The summed E-state index contributed by atoms with van der Waals surface area (Å²) >= 11 is 0. The molecule has 6 nitrogen and oxygen atoms in total. The summed E-state index contributed by atoms with van der Waals surface area (Å²) in [6.45, 7) is 1.71. The van der Waals surface area contributed by atoms with Crippen LogP contribution in [0, 0.1) is 5.92 Å². The van der Waals surface area contributed by atoms with Crippen molar-refractivity contribution in [2.75, 3.05) is 18.9 Å². The van der Waals surface area contributed by atoms with Crippen LogP contribution in [0.1, 0.15) is 6.92 Å². The minimum atomic E-state index is -0.925. The molecule has 0 aliphatic heterocycles. The Morgan fingerprint density at radius 3 is 2.82 bits per heavy atom. The highest BCUT2D eigenvalue weighted by Gasteiger charge is 2.17. The van der Waals surface area contributed by atoms with Crippen LogP contribution in [0.2, 0.25) is 0 Å². The van der Waals surface area contributed by atoms with Crippen molar-refractivity contribution in [3.63, 3.8) is 0 Å². The third-order valence-electron chi connectivity index (χ3n) is 2.23. The molecule has 0 bridgehead atoms. The molecule has 2 N–H and O–H groups in total. The lowest BCUT2D eigenvalue weighted by Gasteiger charge is -2.19. The van der Waals surface area contributed by atoms with Crippen molar-refractivity contribution in [2.45, 2.75) is 6.92 Å². The molecular weight excluding hydrogens is 222 g/mol. The fourth-order valence-electron chi connectivity index (χ4n) is 1.23. The Balaban J connectivity index is 2.50. The number of urea groups is 1. The van der Waals surface area contributed by atoms with Crippen LogP contribution in [0.5, 0.6) is 0 Å². The van der Waals surface area contributed by atoms with Crippen molar-refractivity contribution in [1.82, 2.24) is 9.88 Å². The molecule has 0 radical (unpaired) electrons. The zero-order valence-electron chi connectivity index (χ0n) is 9.75. The SMILES string of the molecule is CC(CN(C)C(=O)Nc1cccnc1)C(=O)O. The molecule has 0 aromatic carbocycles. The van der Waals surface area contributed by atoms with Crippen LogP contribution in [-0.4, -0.2) is 40.6 Å². The molecule has 0 aliphatic carbocycles. The molecule has 0 aliphatic rings. The Morgan fingerprint density at radius 1 is 1.59 bits per heavy atom. The van der Waals surface area contributed by atoms with Gasteiger partial charge < -0.3 is 15.3 Å². The molecule has 0 spiro atoms. The quantitative estimate of drug-likeness (QED) is 0.826. The van der Waals surface area contributed by atoms with Gasteiger partial charge in [-0.2, -0.15) is 0 Å². The number of nitrogens with zero attached hydrogens (tertiary/aromatic N) is 2. The first-order chi connectivity index (χ1) is 8.00. The van der Waals surface area contributed by atoms with Gasteiger partial charge in [-0.15, -0.1) is 0 Å². The summed E-state index contributed by atoms with van der Waals surface area (Å²) in [5.74, 6) is -1.52. The van der Waals surface area contributed by atoms with E-state index in [-0.39, 0.29) is 12.6 Å². The number of hydrogen-bond donors (Lipinski definition) is 2. The van der Waals surface area contributed by atoms with Gasteiger partial charge >= 0.3 is 12.0 Å². The van der Waals surface area contributed by atoms with Gasteiger partial charge in [-0.05, 0) is 12.1 Å². The summed E-state index contributed by atoms with van der Waals surface area (Å²) in [6.07, 6.45) is 3.12. The average Bonchev–Trinajstić information content (AvgIpc) is 2.29. The number of carboxylic acids is 1. The second-order valence-corrected chi connectivity index (χ2v) is 3.79. The summed E-state index contributed by atoms with van der Waals surface area (Å²) in [5, 5.41) is 11.4. The van der Waals surface area contributed by atoms with Crippen LogP contribution in [0.4, 0.5) is 10.5 Å². The van der Waals surface area contributed by atoms with Gasteiger partial charge in [0.1, 0.15) is 0 Å². The van der Waals surface area contributed by atoms with Gasteiger partial charge in [0.15, 0.2) is 0 Å². The molecule has 1 atom stereocenters. The van der Waals surface area contributed by atoms with Crippen molar-refractivity contribution in [1.29, 1.82) is 0 Å². The van der Waals surface area contributed by atoms with Crippen LogP contribution >= 0.6 is 0 Å². The molecule has 6 heteroatoms. The molecular formula is C11H15N3O3. The van der Waals surface area contributed by atoms with Gasteiger partial charge in [0, 0.05) is 19.8 Å². The van der Waals surface area contributed by atoms with E-state index in [2.05, 4.69) is 10.3 Å². The second kappa shape index (κ2) is 5.83. The molecule has 0 saturated heterocycles. The lowest BCUT2D eigenvalue weighted by Crippen LogP contribution is -2.36. The highest BCUT2D eigenvalue weighted by atomic mass is 16.4. The van der Waals surface area contributed by atoms with Gasteiger partial charge in [0.2, 0.25) is 0 Å². The first-order valence-electron chi connectivity index (χ1n) is 5.15. The maximum atomic E-state index is 11.7. The van der Waals surface area contributed by atoms with Gasteiger partial charge in [-0.3, -0.25) is 9.78 Å². The van der Waals surface area contributed by atoms with Crippen molar-refractivity contribution in [3.05, 3.63) is 24.5 Å². The molecule has 1 aromatic heterocycles. The summed E-state index contributed by atoms with van der Waals surface area (Å²) in [6, 6.07) is 3.06. The Labute approximate surface area is 99.3 Å².